The van der Waals surface area contributed by atoms with Crippen LogP contribution in [0.4, 0.5) is 4.39 Å². The van der Waals surface area contributed by atoms with Crippen LogP contribution in [0, 0.1) is 5.82 Å². The molecule has 0 unspecified atom stereocenters. The van der Waals surface area contributed by atoms with Crippen LogP contribution in [0.2, 0.25) is 0 Å². The van der Waals surface area contributed by atoms with Crippen molar-refractivity contribution in [3.8, 4) is 0 Å². The molecule has 2 amide bonds. The van der Waals surface area contributed by atoms with Crippen molar-refractivity contribution >= 4 is 22.8 Å². The van der Waals surface area contributed by atoms with Crippen molar-refractivity contribution in [3.63, 3.8) is 0 Å². The number of halogens is 1. The number of carbonyl (C=O) groups is 2. The molecule has 6 nitrogen and oxygen atoms in total. The molecule has 122 valence electrons. The quantitative estimate of drug-likeness (QED) is 0.626. The molecule has 1 aromatic heterocycles. The van der Waals surface area contributed by atoms with E-state index in [1.54, 1.807) is 24.5 Å². The molecular weight excluding hydrogens is 311 g/mol. The summed E-state index contributed by atoms with van der Waals surface area (Å²) in [6.07, 6.45) is 1.56. The number of benzene rings is 2. The molecule has 0 aliphatic rings. The molecule has 0 aliphatic carbocycles. The highest BCUT2D eigenvalue weighted by molar-refractivity contribution is 5.97. The normalized spacial score (nSPS) is 10.5. The molecule has 0 aliphatic heterocycles. The highest BCUT2D eigenvalue weighted by atomic mass is 19.1. The SMILES string of the molecule is O=C(NCCNC(=O)c1ccc2nc[nH]c2c1)c1cccc(F)c1. The van der Waals surface area contributed by atoms with E-state index in [0.29, 0.717) is 5.56 Å². The summed E-state index contributed by atoms with van der Waals surface area (Å²) < 4.78 is 13.1. The van der Waals surface area contributed by atoms with Crippen LogP contribution >= 0.6 is 0 Å². The van der Waals surface area contributed by atoms with Gasteiger partial charge in [-0.2, -0.15) is 0 Å². The molecule has 24 heavy (non-hydrogen) atoms. The lowest BCUT2D eigenvalue weighted by atomic mass is 10.2. The highest BCUT2D eigenvalue weighted by Crippen LogP contribution is 2.11. The number of nitrogens with one attached hydrogen (secondary N) is 3. The molecule has 1 heterocycles. The minimum atomic E-state index is -0.467. The van der Waals surface area contributed by atoms with Gasteiger partial charge in [0.2, 0.25) is 0 Å². The summed E-state index contributed by atoms with van der Waals surface area (Å²) in [6.45, 7) is 0.508. The van der Waals surface area contributed by atoms with Gasteiger partial charge in [-0.3, -0.25) is 9.59 Å². The third-order valence-corrected chi connectivity index (χ3v) is 3.47. The second-order valence-electron chi connectivity index (χ2n) is 5.16. The molecule has 0 atom stereocenters. The van der Waals surface area contributed by atoms with Crippen molar-refractivity contribution in [2.75, 3.05) is 13.1 Å². The van der Waals surface area contributed by atoms with E-state index in [2.05, 4.69) is 20.6 Å². The lowest BCUT2D eigenvalue weighted by Gasteiger charge is -2.07. The number of H-pyrrole nitrogens is 1. The zero-order valence-corrected chi connectivity index (χ0v) is 12.7. The fourth-order valence-corrected chi connectivity index (χ4v) is 2.26. The number of nitrogens with zero attached hydrogens (tertiary/aromatic N) is 1. The molecule has 3 N–H and O–H groups in total. The largest absolute Gasteiger partial charge is 0.350 e. The van der Waals surface area contributed by atoms with Crippen LogP contribution in [0.3, 0.4) is 0 Å². The van der Waals surface area contributed by atoms with Gasteiger partial charge < -0.3 is 15.6 Å². The van der Waals surface area contributed by atoms with Crippen molar-refractivity contribution in [3.05, 3.63) is 65.7 Å². The number of fused-ring (bicyclic) bond motifs is 1. The van der Waals surface area contributed by atoms with E-state index < -0.39 is 5.82 Å². The fraction of sp³-hybridized carbons (Fsp3) is 0.118. The van der Waals surface area contributed by atoms with E-state index in [9.17, 15) is 14.0 Å². The molecule has 0 fully saturated rings. The van der Waals surface area contributed by atoms with E-state index >= 15 is 0 Å². The Balaban J connectivity index is 1.49. The highest BCUT2D eigenvalue weighted by Gasteiger charge is 2.08. The van der Waals surface area contributed by atoms with Gasteiger partial charge in [0.05, 0.1) is 17.4 Å². The Kier molecular flexibility index (Phi) is 4.51. The summed E-state index contributed by atoms with van der Waals surface area (Å²) in [4.78, 5) is 30.9. The van der Waals surface area contributed by atoms with Gasteiger partial charge in [-0.25, -0.2) is 9.37 Å². The van der Waals surface area contributed by atoms with Gasteiger partial charge in [0, 0.05) is 24.2 Å². The average Bonchev–Trinajstić information content (AvgIpc) is 3.06. The van der Waals surface area contributed by atoms with Crippen LogP contribution < -0.4 is 10.6 Å². The molecule has 0 radical (unpaired) electrons. The Labute approximate surface area is 137 Å². The lowest BCUT2D eigenvalue weighted by Crippen LogP contribution is -2.34. The number of aromatic amines is 1. The molecule has 0 bridgehead atoms. The fourth-order valence-electron chi connectivity index (χ4n) is 2.26. The van der Waals surface area contributed by atoms with E-state index in [1.165, 1.54) is 18.2 Å². The smallest absolute Gasteiger partial charge is 0.251 e. The minimum absolute atomic E-state index is 0.242. The maximum atomic E-state index is 13.1. The van der Waals surface area contributed by atoms with E-state index in [1.807, 2.05) is 0 Å². The van der Waals surface area contributed by atoms with Crippen molar-refractivity contribution in [1.82, 2.24) is 20.6 Å². The number of imidazole rings is 1. The number of carbonyl (C=O) groups excluding carboxylic acids is 2. The predicted octanol–water partition coefficient (Wildman–Crippen LogP) is 1.86. The third-order valence-electron chi connectivity index (χ3n) is 3.47. The Hall–Kier alpha value is -3.22. The van der Waals surface area contributed by atoms with Gasteiger partial charge >= 0.3 is 0 Å². The van der Waals surface area contributed by atoms with Gasteiger partial charge in [0.25, 0.3) is 11.8 Å². The summed E-state index contributed by atoms with van der Waals surface area (Å²) in [5.74, 6) is -1.10. The molecule has 0 spiro atoms. The lowest BCUT2D eigenvalue weighted by molar-refractivity contribution is 0.0927. The molecule has 3 aromatic rings. The van der Waals surface area contributed by atoms with Gasteiger partial charge in [0.1, 0.15) is 5.82 Å². The Morgan fingerprint density at radius 3 is 2.42 bits per heavy atom. The average molecular weight is 326 g/mol. The zero-order valence-electron chi connectivity index (χ0n) is 12.7. The first kappa shape index (κ1) is 15.7. The Bertz CT molecular complexity index is 891. The minimum Gasteiger partial charge on any atom is -0.350 e. The topological polar surface area (TPSA) is 86.9 Å². The number of rotatable bonds is 5. The van der Waals surface area contributed by atoms with Crippen LogP contribution in [-0.2, 0) is 0 Å². The Morgan fingerprint density at radius 2 is 1.71 bits per heavy atom. The van der Waals surface area contributed by atoms with Crippen molar-refractivity contribution < 1.29 is 14.0 Å². The number of hydrogen-bond donors (Lipinski definition) is 3. The Morgan fingerprint density at radius 1 is 1.00 bits per heavy atom. The molecule has 0 saturated heterocycles. The number of aromatic nitrogens is 2. The second-order valence-corrected chi connectivity index (χ2v) is 5.16. The van der Waals surface area contributed by atoms with Crippen molar-refractivity contribution in [1.29, 1.82) is 0 Å². The van der Waals surface area contributed by atoms with E-state index in [-0.39, 0.29) is 30.5 Å². The first-order valence-corrected chi connectivity index (χ1v) is 7.38. The van der Waals surface area contributed by atoms with Gasteiger partial charge in [0.15, 0.2) is 0 Å². The maximum absolute atomic E-state index is 13.1. The van der Waals surface area contributed by atoms with Crippen LogP contribution in [0.5, 0.6) is 0 Å². The predicted molar refractivity (Wildman–Crippen MR) is 87.2 cm³/mol. The van der Waals surface area contributed by atoms with E-state index in [0.717, 1.165) is 17.1 Å². The molecular formula is C17H15FN4O2. The van der Waals surface area contributed by atoms with Gasteiger partial charge in [-0.15, -0.1) is 0 Å². The second kappa shape index (κ2) is 6.91. The zero-order chi connectivity index (χ0) is 16.9. The van der Waals surface area contributed by atoms with Crippen LogP contribution in [0.1, 0.15) is 20.7 Å². The number of amides is 2. The van der Waals surface area contributed by atoms with Crippen molar-refractivity contribution in [2.24, 2.45) is 0 Å². The van der Waals surface area contributed by atoms with Gasteiger partial charge in [-0.05, 0) is 36.4 Å². The van der Waals surface area contributed by atoms with Crippen LogP contribution in [0.25, 0.3) is 11.0 Å². The number of hydrogen-bond acceptors (Lipinski definition) is 3. The monoisotopic (exact) mass is 326 g/mol. The molecule has 0 saturated carbocycles. The molecule has 3 rings (SSSR count). The summed E-state index contributed by atoms with van der Waals surface area (Å²) in [6, 6.07) is 10.6. The van der Waals surface area contributed by atoms with Crippen LogP contribution in [-0.4, -0.2) is 34.9 Å². The first-order valence-electron chi connectivity index (χ1n) is 7.38. The molecule has 7 heteroatoms. The first-order chi connectivity index (χ1) is 11.6. The van der Waals surface area contributed by atoms with Crippen molar-refractivity contribution in [2.45, 2.75) is 0 Å². The maximum Gasteiger partial charge on any atom is 0.251 e. The summed E-state index contributed by atoms with van der Waals surface area (Å²) in [7, 11) is 0. The summed E-state index contributed by atoms with van der Waals surface area (Å²) in [5, 5.41) is 5.33. The van der Waals surface area contributed by atoms with E-state index in [4.69, 9.17) is 0 Å². The third kappa shape index (κ3) is 3.57. The van der Waals surface area contributed by atoms with Gasteiger partial charge in [-0.1, -0.05) is 6.07 Å². The standard InChI is InChI=1S/C17H15FN4O2/c18-13-3-1-2-11(8-13)16(23)19-6-7-20-17(24)12-4-5-14-15(9-12)22-10-21-14/h1-5,8-10H,6-7H2,(H,19,23)(H,20,24)(H,21,22). The van der Waals surface area contributed by atoms with Crippen LogP contribution in [0.15, 0.2) is 48.8 Å². The summed E-state index contributed by atoms with van der Waals surface area (Å²) in [5.41, 5.74) is 2.31. The summed E-state index contributed by atoms with van der Waals surface area (Å²) >= 11 is 0. The molecule has 2 aromatic carbocycles.